The van der Waals surface area contributed by atoms with E-state index in [4.69, 9.17) is 51.1 Å². The van der Waals surface area contributed by atoms with Crippen molar-refractivity contribution in [1.82, 2.24) is 15.4 Å². The van der Waals surface area contributed by atoms with E-state index in [-0.39, 0.29) is 22.4 Å². The van der Waals surface area contributed by atoms with Gasteiger partial charge in [-0.05, 0) is 36.4 Å². The van der Waals surface area contributed by atoms with Crippen molar-refractivity contribution in [2.75, 3.05) is 17.3 Å². The molecule has 0 saturated carbocycles. The molecule has 3 N–H and O–H groups in total. The standard InChI is InChI=1S/C18H12Cl4N6O4/c19-9-1-2-14(13(22)6-9)32-7-15(29)26-27-18-16(28(30)31)17(23-8-24-18)25-12-4-10(20)3-11(21)5-12/h1-6,8H,7H2,(H,26,29)(H2,23,24,25,27). The summed E-state index contributed by atoms with van der Waals surface area (Å²) in [6, 6.07) is 9.03. The monoisotopic (exact) mass is 516 g/mol. The molecular weight excluding hydrogens is 506 g/mol. The molecule has 14 heteroatoms. The molecule has 3 rings (SSSR count). The van der Waals surface area contributed by atoms with E-state index >= 15 is 0 Å². The van der Waals surface area contributed by atoms with E-state index in [9.17, 15) is 14.9 Å². The highest BCUT2D eigenvalue weighted by Gasteiger charge is 2.24. The number of anilines is 3. The normalized spacial score (nSPS) is 10.4. The third-order valence-electron chi connectivity index (χ3n) is 3.70. The van der Waals surface area contributed by atoms with E-state index < -0.39 is 23.1 Å². The summed E-state index contributed by atoms with van der Waals surface area (Å²) < 4.78 is 5.30. The van der Waals surface area contributed by atoms with Gasteiger partial charge in [0.05, 0.1) is 9.95 Å². The van der Waals surface area contributed by atoms with E-state index in [1.54, 1.807) is 6.07 Å². The fourth-order valence-corrected chi connectivity index (χ4v) is 3.39. The lowest BCUT2D eigenvalue weighted by Crippen LogP contribution is -2.34. The molecular formula is C18H12Cl4N6O4. The Balaban J connectivity index is 1.70. The number of ether oxygens (including phenoxy) is 1. The maximum atomic E-state index is 12.1. The summed E-state index contributed by atoms with van der Waals surface area (Å²) in [5.41, 5.74) is 4.49. The number of nitrogens with zero attached hydrogens (tertiary/aromatic N) is 3. The minimum atomic E-state index is -0.715. The van der Waals surface area contributed by atoms with Crippen LogP contribution in [-0.4, -0.2) is 27.4 Å². The van der Waals surface area contributed by atoms with Crippen molar-refractivity contribution in [2.45, 2.75) is 0 Å². The molecule has 3 aromatic rings. The Morgan fingerprint density at radius 3 is 2.34 bits per heavy atom. The minimum Gasteiger partial charge on any atom is -0.482 e. The number of nitro groups is 1. The van der Waals surface area contributed by atoms with Crippen molar-refractivity contribution in [1.29, 1.82) is 0 Å². The maximum Gasteiger partial charge on any atom is 0.355 e. The smallest absolute Gasteiger partial charge is 0.355 e. The zero-order chi connectivity index (χ0) is 23.3. The summed E-state index contributed by atoms with van der Waals surface area (Å²) in [4.78, 5) is 30.7. The average Bonchev–Trinajstić information content (AvgIpc) is 2.70. The first-order valence-corrected chi connectivity index (χ1v) is 10.1. The van der Waals surface area contributed by atoms with Gasteiger partial charge in [0, 0.05) is 20.8 Å². The molecule has 0 fully saturated rings. The number of rotatable bonds is 8. The SMILES string of the molecule is O=C(COc1ccc(Cl)cc1Cl)NNc1ncnc(Nc2cc(Cl)cc(Cl)c2)c1[N+](=O)[O-]. The number of amides is 1. The van der Waals surface area contributed by atoms with Crippen LogP contribution in [-0.2, 0) is 4.79 Å². The lowest BCUT2D eigenvalue weighted by Gasteiger charge is -2.12. The van der Waals surface area contributed by atoms with Crippen molar-refractivity contribution in [2.24, 2.45) is 0 Å². The number of hydrogen-bond acceptors (Lipinski definition) is 8. The highest BCUT2D eigenvalue weighted by atomic mass is 35.5. The first-order valence-electron chi connectivity index (χ1n) is 8.58. The first kappa shape index (κ1) is 23.6. The van der Waals surface area contributed by atoms with E-state index in [2.05, 4.69) is 26.1 Å². The topological polar surface area (TPSA) is 131 Å². The molecule has 2 aromatic carbocycles. The van der Waals surface area contributed by atoms with Crippen LogP contribution in [0.5, 0.6) is 5.75 Å². The molecule has 32 heavy (non-hydrogen) atoms. The number of hydrazine groups is 1. The molecule has 1 heterocycles. The van der Waals surface area contributed by atoms with Crippen LogP contribution in [0.4, 0.5) is 23.0 Å². The van der Waals surface area contributed by atoms with Crippen LogP contribution in [0.15, 0.2) is 42.7 Å². The van der Waals surface area contributed by atoms with Crippen LogP contribution in [0.1, 0.15) is 0 Å². The number of carbonyl (C=O) groups is 1. The second-order valence-corrected chi connectivity index (χ2v) is 7.71. The van der Waals surface area contributed by atoms with Gasteiger partial charge in [-0.2, -0.15) is 0 Å². The molecule has 0 unspecified atom stereocenters. The van der Waals surface area contributed by atoms with Crippen LogP contribution < -0.4 is 20.9 Å². The van der Waals surface area contributed by atoms with E-state index in [0.29, 0.717) is 20.8 Å². The molecule has 10 nitrogen and oxygen atoms in total. The van der Waals surface area contributed by atoms with E-state index in [0.717, 1.165) is 6.33 Å². The van der Waals surface area contributed by atoms with Crippen molar-refractivity contribution in [3.63, 3.8) is 0 Å². The van der Waals surface area contributed by atoms with Crippen LogP contribution >= 0.6 is 46.4 Å². The van der Waals surface area contributed by atoms with Crippen molar-refractivity contribution in [3.05, 3.63) is 72.9 Å². The average molecular weight is 518 g/mol. The Morgan fingerprint density at radius 2 is 1.69 bits per heavy atom. The number of hydrogen-bond donors (Lipinski definition) is 3. The molecule has 0 aliphatic heterocycles. The summed E-state index contributed by atoms with van der Waals surface area (Å²) in [6.45, 7) is -0.431. The number of aromatic nitrogens is 2. The minimum absolute atomic E-state index is 0.149. The van der Waals surface area contributed by atoms with Crippen molar-refractivity contribution >= 4 is 75.3 Å². The van der Waals surface area contributed by atoms with Gasteiger partial charge >= 0.3 is 5.69 Å². The number of benzene rings is 2. The van der Waals surface area contributed by atoms with Crippen LogP contribution in [0.2, 0.25) is 20.1 Å². The molecule has 0 saturated heterocycles. The molecule has 0 bridgehead atoms. The predicted molar refractivity (Wildman–Crippen MR) is 122 cm³/mol. The molecule has 0 spiro atoms. The predicted octanol–water partition coefficient (Wildman–Crippen LogP) is 5.26. The lowest BCUT2D eigenvalue weighted by atomic mass is 10.3. The van der Waals surface area contributed by atoms with Gasteiger partial charge in [0.15, 0.2) is 6.61 Å². The van der Waals surface area contributed by atoms with E-state index in [1.165, 1.54) is 30.3 Å². The highest BCUT2D eigenvalue weighted by Crippen LogP contribution is 2.32. The highest BCUT2D eigenvalue weighted by molar-refractivity contribution is 6.35. The molecule has 0 atom stereocenters. The number of nitrogens with one attached hydrogen (secondary N) is 3. The fourth-order valence-electron chi connectivity index (χ4n) is 2.40. The summed E-state index contributed by atoms with van der Waals surface area (Å²) in [5, 5.41) is 15.7. The maximum absolute atomic E-state index is 12.1. The molecule has 0 aliphatic rings. The summed E-state index contributed by atoms with van der Waals surface area (Å²) in [6.07, 6.45) is 1.07. The zero-order valence-corrected chi connectivity index (χ0v) is 18.8. The van der Waals surface area contributed by atoms with Gasteiger partial charge in [0.25, 0.3) is 5.91 Å². The van der Waals surface area contributed by atoms with E-state index in [1.807, 2.05) is 0 Å². The van der Waals surface area contributed by atoms with Crippen molar-refractivity contribution in [3.8, 4) is 5.75 Å². The van der Waals surface area contributed by atoms with Gasteiger partial charge in [-0.15, -0.1) is 0 Å². The Hall–Kier alpha value is -3.05. The molecule has 1 aromatic heterocycles. The number of halogens is 4. The fraction of sp³-hybridized carbons (Fsp3) is 0.0556. The summed E-state index contributed by atoms with van der Waals surface area (Å²) >= 11 is 23.7. The van der Waals surface area contributed by atoms with Crippen LogP contribution in [0, 0.1) is 10.1 Å². The molecule has 1 amide bonds. The Kier molecular flexibility index (Phi) is 7.75. The second kappa shape index (κ2) is 10.5. The summed E-state index contributed by atoms with van der Waals surface area (Å²) in [5.74, 6) is -0.825. The third kappa shape index (κ3) is 6.24. The van der Waals surface area contributed by atoms with Gasteiger partial charge in [0.2, 0.25) is 11.6 Å². The Bertz CT molecular complexity index is 1160. The molecule has 0 aliphatic carbocycles. The van der Waals surface area contributed by atoms with Gasteiger partial charge < -0.3 is 10.1 Å². The van der Waals surface area contributed by atoms with Crippen LogP contribution in [0.25, 0.3) is 0 Å². The first-order chi connectivity index (χ1) is 15.2. The largest absolute Gasteiger partial charge is 0.482 e. The third-order valence-corrected chi connectivity index (χ3v) is 4.67. The lowest BCUT2D eigenvalue weighted by molar-refractivity contribution is -0.383. The Morgan fingerprint density at radius 1 is 1.00 bits per heavy atom. The summed E-state index contributed by atoms with van der Waals surface area (Å²) in [7, 11) is 0. The van der Waals surface area contributed by atoms with Gasteiger partial charge in [-0.3, -0.25) is 25.8 Å². The molecule has 0 radical (unpaired) electrons. The second-order valence-electron chi connectivity index (χ2n) is 6.00. The zero-order valence-electron chi connectivity index (χ0n) is 15.7. The van der Waals surface area contributed by atoms with Crippen molar-refractivity contribution < 1.29 is 14.5 Å². The van der Waals surface area contributed by atoms with Gasteiger partial charge in [0.1, 0.15) is 12.1 Å². The Labute approximate surface area is 200 Å². The van der Waals surface area contributed by atoms with Gasteiger partial charge in [-0.25, -0.2) is 9.97 Å². The molecule has 166 valence electrons. The van der Waals surface area contributed by atoms with Gasteiger partial charge in [-0.1, -0.05) is 46.4 Å². The number of carbonyl (C=O) groups excluding carboxylic acids is 1. The quantitative estimate of drug-likeness (QED) is 0.272. The van der Waals surface area contributed by atoms with Crippen LogP contribution in [0.3, 0.4) is 0 Å².